The van der Waals surface area contributed by atoms with E-state index in [9.17, 15) is 0 Å². The molecule has 1 aromatic rings. The van der Waals surface area contributed by atoms with Gasteiger partial charge in [0.2, 0.25) is 0 Å². The maximum absolute atomic E-state index is 4.92. The molecule has 0 radical (unpaired) electrons. The van der Waals surface area contributed by atoms with Crippen molar-refractivity contribution in [2.24, 2.45) is 21.7 Å². The van der Waals surface area contributed by atoms with Crippen LogP contribution >= 0.6 is 0 Å². The van der Waals surface area contributed by atoms with Crippen molar-refractivity contribution < 1.29 is 4.74 Å². The summed E-state index contributed by atoms with van der Waals surface area (Å²) >= 11 is 0. The minimum absolute atomic E-state index is 0. The second kappa shape index (κ2) is 23.7. The third-order valence-corrected chi connectivity index (χ3v) is 6.26. The number of nitrogens with zero attached hydrogens (tertiary/aromatic N) is 1. The number of rotatable bonds is 6. The molecule has 40 heavy (non-hydrogen) atoms. The van der Waals surface area contributed by atoms with Gasteiger partial charge in [-0.2, -0.15) is 0 Å². The second-order valence-electron chi connectivity index (χ2n) is 16.1. The summed E-state index contributed by atoms with van der Waals surface area (Å²) in [4.78, 5) is 2.62. The molecule has 2 rings (SSSR count). The van der Waals surface area contributed by atoms with Crippen LogP contribution in [-0.2, 0) is 11.2 Å². The molecule has 2 nitrogen and oxygen atoms in total. The van der Waals surface area contributed by atoms with Gasteiger partial charge >= 0.3 is 0 Å². The van der Waals surface area contributed by atoms with Crippen LogP contribution in [0.25, 0.3) is 0 Å². The first kappa shape index (κ1) is 46.1. The molecule has 0 amide bonds. The molecule has 242 valence electrons. The van der Waals surface area contributed by atoms with Gasteiger partial charge in [0.1, 0.15) is 0 Å². The monoisotopic (exact) mass is 566 g/mol. The Morgan fingerprint density at radius 2 is 1.07 bits per heavy atom. The summed E-state index contributed by atoms with van der Waals surface area (Å²) in [6.45, 7) is 34.4. The minimum Gasteiger partial charge on any atom is -0.385 e. The largest absolute Gasteiger partial charge is 0.385 e. The van der Waals surface area contributed by atoms with Gasteiger partial charge in [-0.15, -0.1) is 0 Å². The van der Waals surface area contributed by atoms with Crippen LogP contribution in [-0.4, -0.2) is 38.3 Å². The van der Waals surface area contributed by atoms with Crippen molar-refractivity contribution in [3.63, 3.8) is 0 Å². The maximum atomic E-state index is 4.92. The van der Waals surface area contributed by atoms with Crippen LogP contribution in [0.15, 0.2) is 30.3 Å². The van der Waals surface area contributed by atoms with Crippen molar-refractivity contribution in [2.45, 2.75) is 156 Å². The van der Waals surface area contributed by atoms with Crippen molar-refractivity contribution in [2.75, 3.05) is 33.4 Å². The van der Waals surface area contributed by atoms with Crippen LogP contribution < -0.4 is 0 Å². The van der Waals surface area contributed by atoms with E-state index in [1.165, 1.54) is 63.7 Å². The van der Waals surface area contributed by atoms with Gasteiger partial charge in [-0.1, -0.05) is 148 Å². The van der Waals surface area contributed by atoms with E-state index in [1.54, 1.807) is 7.11 Å². The first-order valence-corrected chi connectivity index (χ1v) is 15.5. The van der Waals surface area contributed by atoms with Gasteiger partial charge in [-0.05, 0) is 85.4 Å². The second-order valence-corrected chi connectivity index (χ2v) is 16.1. The SMILES string of the molecule is C.C.CC(C)(C)CCN1CCCCC1.CC(C)(C)Cc1ccccc1.CCCC(C)(C)C.COCCC(C)(C)C. The Morgan fingerprint density at radius 1 is 0.625 bits per heavy atom. The number of likely N-dealkylation sites (tertiary alicyclic amines) is 1. The Labute approximate surface area is 256 Å². The topological polar surface area (TPSA) is 12.5 Å². The van der Waals surface area contributed by atoms with E-state index < -0.39 is 0 Å². The molecule has 0 spiro atoms. The first-order chi connectivity index (χ1) is 17.3. The summed E-state index contributed by atoms with van der Waals surface area (Å²) in [7, 11) is 1.74. The van der Waals surface area contributed by atoms with Crippen molar-refractivity contribution in [3.8, 4) is 0 Å². The van der Waals surface area contributed by atoms with Crippen LogP contribution in [0.1, 0.15) is 155 Å². The zero-order chi connectivity index (χ0) is 29.9. The lowest BCUT2D eigenvalue weighted by molar-refractivity contribution is 0.159. The van der Waals surface area contributed by atoms with Gasteiger partial charge in [-0.25, -0.2) is 0 Å². The summed E-state index contributed by atoms with van der Waals surface area (Å²) in [6.07, 6.45) is 10.6. The average Bonchev–Trinajstić information content (AvgIpc) is 2.76. The molecule has 0 saturated carbocycles. The van der Waals surface area contributed by atoms with Gasteiger partial charge in [0, 0.05) is 13.7 Å². The Balaban J connectivity index is -0.000000218. The van der Waals surface area contributed by atoms with Gasteiger partial charge in [-0.3, -0.25) is 0 Å². The third kappa shape index (κ3) is 39.3. The smallest absolute Gasteiger partial charge is 0.0467 e. The van der Waals surface area contributed by atoms with E-state index in [4.69, 9.17) is 4.74 Å². The standard InChI is InChI=1S/C11H23N.C11H16.C7H16O.C7H16.2CH4/c1-11(2,3)7-10-12-8-5-4-6-9-12;1-11(2,3)9-10-7-5-4-6-8-10;1-7(2,3)5-6-8-4;1-5-6-7(2,3)4;;/h4-10H2,1-3H3;4-8H,9H2,1-3H3;5-6H2,1-4H3;5-6H2,1-4H3;2*1H4. The predicted octanol–water partition coefficient (Wildman–Crippen LogP) is 12.4. The van der Waals surface area contributed by atoms with Gasteiger partial charge in [0.05, 0.1) is 0 Å². The van der Waals surface area contributed by atoms with Crippen LogP contribution in [0.2, 0.25) is 0 Å². The molecule has 0 aliphatic carbocycles. The Bertz CT molecular complexity index is 631. The summed E-state index contributed by atoms with van der Waals surface area (Å²) in [5, 5.41) is 0. The third-order valence-electron chi connectivity index (χ3n) is 6.26. The molecular formula is C38H79NO. The number of ether oxygens (including phenoxy) is 1. The summed E-state index contributed by atoms with van der Waals surface area (Å²) < 4.78 is 4.92. The van der Waals surface area contributed by atoms with Crippen molar-refractivity contribution in [3.05, 3.63) is 35.9 Å². The fourth-order valence-electron chi connectivity index (χ4n) is 4.04. The molecule has 0 unspecified atom stereocenters. The molecule has 1 fully saturated rings. The number of hydrogen-bond acceptors (Lipinski definition) is 2. The summed E-state index contributed by atoms with van der Waals surface area (Å²) in [5.74, 6) is 0. The highest BCUT2D eigenvalue weighted by molar-refractivity contribution is 5.15. The molecule has 0 aromatic heterocycles. The molecule has 0 N–H and O–H groups in total. The number of methoxy groups -OCH3 is 1. The van der Waals surface area contributed by atoms with Crippen molar-refractivity contribution in [1.82, 2.24) is 4.90 Å². The highest BCUT2D eigenvalue weighted by Gasteiger charge is 2.15. The number of piperidine rings is 1. The molecule has 1 aromatic carbocycles. The zero-order valence-electron chi connectivity index (χ0n) is 28.7. The van der Waals surface area contributed by atoms with E-state index >= 15 is 0 Å². The molecule has 1 aliphatic rings. The van der Waals surface area contributed by atoms with E-state index in [0.29, 0.717) is 21.7 Å². The molecule has 0 bridgehead atoms. The van der Waals surface area contributed by atoms with Crippen LogP contribution in [0.5, 0.6) is 0 Å². The molecule has 0 atom stereocenters. The molecule has 1 heterocycles. The number of benzene rings is 1. The van der Waals surface area contributed by atoms with Crippen molar-refractivity contribution in [1.29, 1.82) is 0 Å². The van der Waals surface area contributed by atoms with Crippen LogP contribution in [0.4, 0.5) is 0 Å². The van der Waals surface area contributed by atoms with Crippen LogP contribution in [0, 0.1) is 21.7 Å². The molecule has 1 saturated heterocycles. The summed E-state index contributed by atoms with van der Waals surface area (Å²) in [6, 6.07) is 10.6. The van der Waals surface area contributed by atoms with Crippen LogP contribution in [0.3, 0.4) is 0 Å². The normalized spacial score (nSPS) is 14.1. The number of hydrogen-bond donors (Lipinski definition) is 0. The highest BCUT2D eigenvalue weighted by atomic mass is 16.5. The highest BCUT2D eigenvalue weighted by Crippen LogP contribution is 2.21. The van der Waals surface area contributed by atoms with E-state index in [-0.39, 0.29) is 14.9 Å². The molecule has 1 aliphatic heterocycles. The quantitative estimate of drug-likeness (QED) is 0.340. The van der Waals surface area contributed by atoms with Gasteiger partial charge < -0.3 is 9.64 Å². The lowest BCUT2D eigenvalue weighted by atomic mass is 9.88. The molecular weight excluding hydrogens is 486 g/mol. The first-order valence-electron chi connectivity index (χ1n) is 15.5. The van der Waals surface area contributed by atoms with Gasteiger partial charge in [0.25, 0.3) is 0 Å². The summed E-state index contributed by atoms with van der Waals surface area (Å²) in [5.41, 5.74) is 3.32. The molecule has 2 heteroatoms. The predicted molar refractivity (Wildman–Crippen MR) is 188 cm³/mol. The van der Waals surface area contributed by atoms with Crippen molar-refractivity contribution >= 4 is 0 Å². The lowest BCUT2D eigenvalue weighted by Crippen LogP contribution is -2.32. The van der Waals surface area contributed by atoms with E-state index in [1.807, 2.05) is 0 Å². The fraction of sp³-hybridized carbons (Fsp3) is 0.842. The Morgan fingerprint density at radius 3 is 1.38 bits per heavy atom. The minimum atomic E-state index is 0. The van der Waals surface area contributed by atoms with E-state index in [0.717, 1.165) is 19.4 Å². The maximum Gasteiger partial charge on any atom is 0.0467 e. The Kier molecular flexibility index (Phi) is 27.3. The van der Waals surface area contributed by atoms with E-state index in [2.05, 4.69) is 125 Å². The zero-order valence-corrected chi connectivity index (χ0v) is 28.7. The Hall–Kier alpha value is -0.860. The fourth-order valence-corrected chi connectivity index (χ4v) is 4.04. The lowest BCUT2D eigenvalue weighted by Gasteiger charge is -2.29. The van der Waals surface area contributed by atoms with Gasteiger partial charge in [0.15, 0.2) is 0 Å². The average molecular weight is 566 g/mol.